The van der Waals surface area contributed by atoms with E-state index in [9.17, 15) is 0 Å². The summed E-state index contributed by atoms with van der Waals surface area (Å²) < 4.78 is 0. The normalized spacial score (nSPS) is 10.6. The zero-order valence-corrected chi connectivity index (χ0v) is 11.5. The van der Waals surface area contributed by atoms with Crippen molar-refractivity contribution in [2.45, 2.75) is 33.1 Å². The first-order chi connectivity index (χ1) is 8.72. The molecular formula is C15H17ClN2. The van der Waals surface area contributed by atoms with Gasteiger partial charge in [0, 0.05) is 18.1 Å². The summed E-state index contributed by atoms with van der Waals surface area (Å²) in [5.74, 6) is 0.819. The number of hydrogen-bond acceptors (Lipinski definition) is 2. The van der Waals surface area contributed by atoms with Gasteiger partial charge in [-0.2, -0.15) is 0 Å². The maximum Gasteiger partial charge on any atom is 0.133 e. The van der Waals surface area contributed by atoms with E-state index in [4.69, 9.17) is 11.6 Å². The van der Waals surface area contributed by atoms with Crippen molar-refractivity contribution >= 4 is 11.6 Å². The highest BCUT2D eigenvalue weighted by Crippen LogP contribution is 2.21. The van der Waals surface area contributed by atoms with Gasteiger partial charge in [0.2, 0.25) is 0 Å². The Balaban J connectivity index is 2.36. The lowest BCUT2D eigenvalue weighted by Gasteiger charge is -2.05. The predicted octanol–water partition coefficient (Wildman–Crippen LogP) is 4.31. The summed E-state index contributed by atoms with van der Waals surface area (Å²) in [6, 6.07) is 10.3. The van der Waals surface area contributed by atoms with Crippen LogP contribution in [-0.4, -0.2) is 9.97 Å². The highest BCUT2D eigenvalue weighted by molar-refractivity contribution is 6.29. The minimum absolute atomic E-state index is 0.517. The van der Waals surface area contributed by atoms with E-state index in [2.05, 4.69) is 48.1 Å². The Morgan fingerprint density at radius 1 is 1.06 bits per heavy atom. The fraction of sp³-hybridized carbons (Fsp3) is 0.333. The van der Waals surface area contributed by atoms with Crippen molar-refractivity contribution < 1.29 is 0 Å². The van der Waals surface area contributed by atoms with Crippen molar-refractivity contribution in [2.75, 3.05) is 0 Å². The molecule has 1 heterocycles. The quantitative estimate of drug-likeness (QED) is 0.766. The van der Waals surface area contributed by atoms with Crippen LogP contribution in [0.15, 0.2) is 30.3 Å². The van der Waals surface area contributed by atoms with Crippen LogP contribution in [0, 0.1) is 0 Å². The minimum Gasteiger partial charge on any atom is -0.233 e. The van der Waals surface area contributed by atoms with Gasteiger partial charge in [-0.05, 0) is 18.4 Å². The van der Waals surface area contributed by atoms with Crippen LogP contribution < -0.4 is 0 Å². The number of nitrogens with zero attached hydrogens (tertiary/aromatic N) is 2. The molecule has 18 heavy (non-hydrogen) atoms. The number of benzene rings is 1. The van der Waals surface area contributed by atoms with Crippen LogP contribution in [0.25, 0.3) is 11.3 Å². The van der Waals surface area contributed by atoms with Crippen LogP contribution in [0.5, 0.6) is 0 Å². The van der Waals surface area contributed by atoms with Crippen molar-refractivity contribution in [3.05, 3.63) is 46.9 Å². The smallest absolute Gasteiger partial charge is 0.133 e. The van der Waals surface area contributed by atoms with E-state index < -0.39 is 0 Å². The molecule has 3 heteroatoms. The van der Waals surface area contributed by atoms with Gasteiger partial charge in [0.1, 0.15) is 11.0 Å². The summed E-state index contributed by atoms with van der Waals surface area (Å²) in [5, 5.41) is 0.517. The van der Waals surface area contributed by atoms with E-state index in [1.54, 1.807) is 0 Å². The molecule has 1 aromatic heterocycles. The molecule has 2 nitrogen and oxygen atoms in total. The molecule has 0 aliphatic rings. The monoisotopic (exact) mass is 260 g/mol. The Labute approximate surface area is 113 Å². The first kappa shape index (κ1) is 13.0. The van der Waals surface area contributed by atoms with Crippen molar-refractivity contribution in [3.8, 4) is 11.3 Å². The minimum atomic E-state index is 0.517. The molecule has 0 amide bonds. The number of hydrogen-bond donors (Lipinski definition) is 0. The zero-order chi connectivity index (χ0) is 13.0. The third kappa shape index (κ3) is 3.08. The van der Waals surface area contributed by atoms with E-state index in [0.29, 0.717) is 5.15 Å². The molecule has 0 saturated carbocycles. The standard InChI is InChI=1S/C15H17ClN2/c1-3-5-15-17-13(10-14(16)18-15)12-8-6-11(4-2)7-9-12/h6-10H,3-5H2,1-2H3. The van der Waals surface area contributed by atoms with Crippen LogP contribution in [0.3, 0.4) is 0 Å². The molecule has 0 N–H and O–H groups in total. The van der Waals surface area contributed by atoms with Gasteiger partial charge >= 0.3 is 0 Å². The largest absolute Gasteiger partial charge is 0.233 e. The molecule has 0 bridgehead atoms. The predicted molar refractivity (Wildman–Crippen MR) is 75.9 cm³/mol. The Kier molecular flexibility index (Phi) is 4.32. The first-order valence-electron chi connectivity index (χ1n) is 6.35. The number of halogens is 1. The van der Waals surface area contributed by atoms with Crippen LogP contribution in [0.2, 0.25) is 5.15 Å². The Hall–Kier alpha value is -1.41. The summed E-state index contributed by atoms with van der Waals surface area (Å²) >= 11 is 6.04. The van der Waals surface area contributed by atoms with E-state index in [-0.39, 0.29) is 0 Å². The second kappa shape index (κ2) is 5.96. The molecule has 94 valence electrons. The molecule has 0 saturated heterocycles. The average Bonchev–Trinajstić information content (AvgIpc) is 2.38. The summed E-state index contributed by atoms with van der Waals surface area (Å²) in [6.45, 7) is 4.26. The van der Waals surface area contributed by atoms with Crippen LogP contribution in [0.1, 0.15) is 31.7 Å². The fourth-order valence-electron chi connectivity index (χ4n) is 1.86. The fourth-order valence-corrected chi connectivity index (χ4v) is 2.06. The van der Waals surface area contributed by atoms with Gasteiger partial charge in [0.15, 0.2) is 0 Å². The number of rotatable bonds is 4. The summed E-state index contributed by atoms with van der Waals surface area (Å²) in [4.78, 5) is 8.79. The zero-order valence-electron chi connectivity index (χ0n) is 10.8. The molecule has 0 radical (unpaired) electrons. The Bertz CT molecular complexity index is 521. The lowest BCUT2D eigenvalue weighted by molar-refractivity contribution is 0.836. The van der Waals surface area contributed by atoms with Gasteiger partial charge in [-0.1, -0.05) is 49.7 Å². The molecule has 1 aromatic carbocycles. The van der Waals surface area contributed by atoms with Crippen molar-refractivity contribution in [3.63, 3.8) is 0 Å². The van der Waals surface area contributed by atoms with E-state index in [0.717, 1.165) is 36.3 Å². The maximum atomic E-state index is 6.04. The first-order valence-corrected chi connectivity index (χ1v) is 6.73. The highest BCUT2D eigenvalue weighted by Gasteiger charge is 2.05. The summed E-state index contributed by atoms with van der Waals surface area (Å²) in [6.07, 6.45) is 2.93. The molecular weight excluding hydrogens is 244 g/mol. The van der Waals surface area contributed by atoms with E-state index in [1.165, 1.54) is 5.56 Å². The third-order valence-corrected chi connectivity index (χ3v) is 3.07. The lowest BCUT2D eigenvalue weighted by atomic mass is 10.1. The molecule has 0 aliphatic heterocycles. The van der Waals surface area contributed by atoms with Crippen molar-refractivity contribution in [1.29, 1.82) is 0 Å². The third-order valence-electron chi connectivity index (χ3n) is 2.87. The van der Waals surface area contributed by atoms with Gasteiger partial charge in [0.05, 0.1) is 5.69 Å². The van der Waals surface area contributed by atoms with Crippen molar-refractivity contribution in [2.24, 2.45) is 0 Å². The van der Waals surface area contributed by atoms with Gasteiger partial charge in [-0.25, -0.2) is 9.97 Å². The highest BCUT2D eigenvalue weighted by atomic mass is 35.5. The second-order valence-electron chi connectivity index (χ2n) is 4.29. The van der Waals surface area contributed by atoms with Crippen molar-refractivity contribution in [1.82, 2.24) is 9.97 Å². The molecule has 0 fully saturated rings. The molecule has 0 atom stereocenters. The molecule has 0 spiro atoms. The van der Waals surface area contributed by atoms with Crippen LogP contribution in [0.4, 0.5) is 0 Å². The number of aromatic nitrogens is 2. The SMILES string of the molecule is CCCc1nc(Cl)cc(-c2ccc(CC)cc2)n1. The summed E-state index contributed by atoms with van der Waals surface area (Å²) in [5.41, 5.74) is 3.32. The van der Waals surface area contributed by atoms with Gasteiger partial charge in [0.25, 0.3) is 0 Å². The van der Waals surface area contributed by atoms with Gasteiger partial charge in [-0.3, -0.25) is 0 Å². The average molecular weight is 261 g/mol. The topological polar surface area (TPSA) is 25.8 Å². The maximum absolute atomic E-state index is 6.04. The lowest BCUT2D eigenvalue weighted by Crippen LogP contribution is -1.97. The number of aryl methyl sites for hydroxylation is 2. The second-order valence-corrected chi connectivity index (χ2v) is 4.68. The van der Waals surface area contributed by atoms with E-state index in [1.807, 2.05) is 6.07 Å². The van der Waals surface area contributed by atoms with Crippen LogP contribution in [-0.2, 0) is 12.8 Å². The Morgan fingerprint density at radius 3 is 2.39 bits per heavy atom. The molecule has 0 aliphatic carbocycles. The van der Waals surface area contributed by atoms with Crippen LogP contribution >= 0.6 is 11.6 Å². The van der Waals surface area contributed by atoms with E-state index >= 15 is 0 Å². The molecule has 2 rings (SSSR count). The summed E-state index contributed by atoms with van der Waals surface area (Å²) in [7, 11) is 0. The molecule has 0 unspecified atom stereocenters. The molecule has 2 aromatic rings. The van der Waals surface area contributed by atoms with Gasteiger partial charge < -0.3 is 0 Å². The Morgan fingerprint density at radius 2 is 1.78 bits per heavy atom. The van der Waals surface area contributed by atoms with Gasteiger partial charge in [-0.15, -0.1) is 0 Å².